The first kappa shape index (κ1) is 7.01. The van der Waals surface area contributed by atoms with Crippen LogP contribution in [0.4, 0.5) is 0 Å². The molecule has 0 unspecified atom stereocenters. The van der Waals surface area contributed by atoms with Crippen LogP contribution in [0.25, 0.3) is 0 Å². The van der Waals surface area contributed by atoms with Crippen molar-refractivity contribution in [3.05, 3.63) is 23.8 Å². The molecule has 1 aliphatic rings. The molecule has 1 N–H and O–H groups in total. The first-order valence-corrected chi connectivity index (χ1v) is 4.06. The van der Waals surface area contributed by atoms with Gasteiger partial charge in [-0.1, -0.05) is 0 Å². The van der Waals surface area contributed by atoms with E-state index in [0.717, 1.165) is 23.8 Å². The molecule has 0 saturated heterocycles. The fraction of sp³-hybridized carbons (Fsp3) is 0. The summed E-state index contributed by atoms with van der Waals surface area (Å²) >= 11 is 0. The Balaban J connectivity index is 3.05. The van der Waals surface area contributed by atoms with E-state index in [9.17, 15) is 13.2 Å². The fourth-order valence-electron chi connectivity index (χ4n) is 0.462. The van der Waals surface area contributed by atoms with E-state index in [1.54, 1.807) is 0 Å². The van der Waals surface area contributed by atoms with Gasteiger partial charge in [0.2, 0.25) is 0 Å². The lowest BCUT2D eigenvalue weighted by molar-refractivity contribution is -0.110. The average Bonchev–Trinajstić information content (AvgIpc) is 1.94. The Bertz CT molecular complexity index is 299. The summed E-state index contributed by atoms with van der Waals surface area (Å²) in [6.45, 7) is 0. The van der Waals surface area contributed by atoms with Crippen molar-refractivity contribution < 1.29 is 13.2 Å². The standard InChI is InChI=1S/C5H5NO3S/c7-5-1-3-6-10(8,9)4-2-5/h1-4,6H. The first-order chi connectivity index (χ1) is 4.60. The molecule has 10 heavy (non-hydrogen) atoms. The Morgan fingerprint density at radius 3 is 2.70 bits per heavy atom. The van der Waals surface area contributed by atoms with Crippen molar-refractivity contribution in [3.63, 3.8) is 0 Å². The van der Waals surface area contributed by atoms with Crippen molar-refractivity contribution in [2.45, 2.75) is 0 Å². The second kappa shape index (κ2) is 2.26. The van der Waals surface area contributed by atoms with Crippen LogP contribution in [-0.2, 0) is 14.8 Å². The number of ketones is 1. The van der Waals surface area contributed by atoms with Crippen LogP contribution < -0.4 is 4.72 Å². The Hall–Kier alpha value is -1.10. The van der Waals surface area contributed by atoms with Crippen LogP contribution in [0.1, 0.15) is 0 Å². The van der Waals surface area contributed by atoms with Crippen LogP contribution in [0.5, 0.6) is 0 Å². The van der Waals surface area contributed by atoms with E-state index < -0.39 is 10.0 Å². The zero-order chi connectivity index (χ0) is 7.61. The van der Waals surface area contributed by atoms with Crippen molar-refractivity contribution in [2.75, 3.05) is 0 Å². The SMILES string of the molecule is O=C1C=CNS(=O)(=O)C=C1. The van der Waals surface area contributed by atoms with Gasteiger partial charge in [0.1, 0.15) is 0 Å². The third-order valence-electron chi connectivity index (χ3n) is 0.891. The summed E-state index contributed by atoms with van der Waals surface area (Å²) in [5, 5.41) is 0.829. The van der Waals surface area contributed by atoms with Gasteiger partial charge in [-0.2, -0.15) is 0 Å². The summed E-state index contributed by atoms with van der Waals surface area (Å²) in [7, 11) is -3.39. The van der Waals surface area contributed by atoms with Gasteiger partial charge in [-0.05, 0) is 6.08 Å². The molecule has 0 atom stereocenters. The topological polar surface area (TPSA) is 63.2 Å². The molecule has 0 radical (unpaired) electrons. The second-order valence-electron chi connectivity index (χ2n) is 1.70. The maximum atomic E-state index is 10.6. The van der Waals surface area contributed by atoms with Gasteiger partial charge in [0.15, 0.2) is 5.78 Å². The minimum atomic E-state index is -3.39. The minimum absolute atomic E-state index is 0.339. The van der Waals surface area contributed by atoms with E-state index in [-0.39, 0.29) is 5.78 Å². The Labute approximate surface area is 58.3 Å². The molecule has 0 aromatic carbocycles. The molecule has 0 aromatic rings. The minimum Gasteiger partial charge on any atom is -0.290 e. The van der Waals surface area contributed by atoms with Gasteiger partial charge in [-0.3, -0.25) is 9.52 Å². The summed E-state index contributed by atoms with van der Waals surface area (Å²) < 4.78 is 23.3. The van der Waals surface area contributed by atoms with E-state index in [0.29, 0.717) is 0 Å². The van der Waals surface area contributed by atoms with Gasteiger partial charge in [-0.15, -0.1) is 0 Å². The molecule has 0 fully saturated rings. The summed E-state index contributed by atoms with van der Waals surface area (Å²) in [6.07, 6.45) is 3.23. The number of hydrogen-bond acceptors (Lipinski definition) is 3. The molecular weight excluding hydrogens is 154 g/mol. The number of nitrogens with one attached hydrogen (secondary N) is 1. The van der Waals surface area contributed by atoms with Gasteiger partial charge in [-0.25, -0.2) is 8.42 Å². The van der Waals surface area contributed by atoms with E-state index in [2.05, 4.69) is 0 Å². The number of sulfonamides is 1. The van der Waals surface area contributed by atoms with Gasteiger partial charge in [0.05, 0.1) is 5.41 Å². The zero-order valence-electron chi connectivity index (χ0n) is 4.94. The van der Waals surface area contributed by atoms with Crippen molar-refractivity contribution in [3.8, 4) is 0 Å². The highest BCUT2D eigenvalue weighted by Gasteiger charge is 2.04. The molecule has 0 spiro atoms. The molecule has 1 rings (SSSR count). The Morgan fingerprint density at radius 1 is 1.30 bits per heavy atom. The Kier molecular flexibility index (Phi) is 1.58. The molecule has 54 valence electrons. The predicted molar refractivity (Wildman–Crippen MR) is 35.3 cm³/mol. The quantitative estimate of drug-likeness (QED) is 0.519. The summed E-state index contributed by atoms with van der Waals surface area (Å²) in [5.41, 5.74) is 0. The number of carbonyl (C=O) groups is 1. The van der Waals surface area contributed by atoms with Crippen molar-refractivity contribution in [2.24, 2.45) is 0 Å². The summed E-state index contributed by atoms with van der Waals surface area (Å²) in [4.78, 5) is 10.5. The van der Waals surface area contributed by atoms with Gasteiger partial charge in [0, 0.05) is 12.3 Å². The van der Waals surface area contributed by atoms with E-state index >= 15 is 0 Å². The molecular formula is C5H5NO3S. The largest absolute Gasteiger partial charge is 0.290 e. The van der Waals surface area contributed by atoms with E-state index in [1.807, 2.05) is 4.72 Å². The molecule has 1 heterocycles. The van der Waals surface area contributed by atoms with Gasteiger partial charge < -0.3 is 0 Å². The third-order valence-corrected chi connectivity index (χ3v) is 1.85. The monoisotopic (exact) mass is 159 g/mol. The molecule has 1 aliphatic heterocycles. The van der Waals surface area contributed by atoms with E-state index in [1.165, 1.54) is 0 Å². The maximum absolute atomic E-state index is 10.6. The summed E-state index contributed by atoms with van der Waals surface area (Å²) in [5.74, 6) is -0.339. The number of rotatable bonds is 0. The predicted octanol–water partition coefficient (Wildman–Crippen LogP) is -0.484. The normalized spacial score (nSPS) is 21.8. The molecule has 0 saturated carbocycles. The highest BCUT2D eigenvalue weighted by molar-refractivity contribution is 7.92. The second-order valence-corrected chi connectivity index (χ2v) is 3.30. The molecule has 4 nitrogen and oxygen atoms in total. The van der Waals surface area contributed by atoms with Crippen LogP contribution >= 0.6 is 0 Å². The fourth-order valence-corrected chi connectivity index (χ4v) is 1.11. The molecule has 0 aromatic heterocycles. The highest BCUT2D eigenvalue weighted by atomic mass is 32.2. The Morgan fingerprint density at radius 2 is 2.00 bits per heavy atom. The van der Waals surface area contributed by atoms with Crippen LogP contribution in [0.3, 0.4) is 0 Å². The van der Waals surface area contributed by atoms with Crippen LogP contribution in [0, 0.1) is 0 Å². The third kappa shape index (κ3) is 1.70. The van der Waals surface area contributed by atoms with Crippen LogP contribution in [-0.4, -0.2) is 14.2 Å². The van der Waals surface area contributed by atoms with Crippen molar-refractivity contribution in [1.29, 1.82) is 0 Å². The number of carbonyl (C=O) groups excluding carboxylic acids is 1. The summed E-state index contributed by atoms with van der Waals surface area (Å²) in [6, 6.07) is 0. The highest BCUT2D eigenvalue weighted by Crippen LogP contribution is 1.93. The molecule has 0 amide bonds. The van der Waals surface area contributed by atoms with Crippen LogP contribution in [0.15, 0.2) is 23.8 Å². The van der Waals surface area contributed by atoms with Crippen molar-refractivity contribution in [1.82, 2.24) is 4.72 Å². The van der Waals surface area contributed by atoms with E-state index in [4.69, 9.17) is 0 Å². The molecule has 5 heteroatoms. The van der Waals surface area contributed by atoms with Crippen LogP contribution in [0.2, 0.25) is 0 Å². The van der Waals surface area contributed by atoms with Gasteiger partial charge >= 0.3 is 0 Å². The first-order valence-electron chi connectivity index (χ1n) is 2.51. The molecule has 0 bridgehead atoms. The maximum Gasteiger partial charge on any atom is 0.254 e. The smallest absolute Gasteiger partial charge is 0.254 e. The number of allylic oxidation sites excluding steroid dienone is 2. The van der Waals surface area contributed by atoms with Gasteiger partial charge in [0.25, 0.3) is 10.0 Å². The molecule has 0 aliphatic carbocycles. The zero-order valence-corrected chi connectivity index (χ0v) is 5.76. The average molecular weight is 159 g/mol. The van der Waals surface area contributed by atoms with Crippen molar-refractivity contribution >= 4 is 15.8 Å². The lowest BCUT2D eigenvalue weighted by atomic mass is 10.4. The lowest BCUT2D eigenvalue weighted by Gasteiger charge is -1.90. The lowest BCUT2D eigenvalue weighted by Crippen LogP contribution is -2.12. The number of hydrogen-bond donors (Lipinski definition) is 1.